The number of aromatic nitrogens is 4. The summed E-state index contributed by atoms with van der Waals surface area (Å²) in [5.74, 6) is -1.44. The maximum Gasteiger partial charge on any atom is 0.416 e. The highest BCUT2D eigenvalue weighted by molar-refractivity contribution is 6.04. The van der Waals surface area contributed by atoms with Crippen molar-refractivity contribution in [3.05, 3.63) is 100 Å². The zero-order valence-corrected chi connectivity index (χ0v) is 21.0. The summed E-state index contributed by atoms with van der Waals surface area (Å²) in [6.07, 6.45) is -2.99. The Bertz CT molecular complexity index is 1520. The van der Waals surface area contributed by atoms with Crippen molar-refractivity contribution in [1.29, 1.82) is 0 Å². The molecule has 0 unspecified atom stereocenters. The molecule has 0 bridgehead atoms. The number of nitrogens with one attached hydrogen (secondary N) is 2. The van der Waals surface area contributed by atoms with Gasteiger partial charge < -0.3 is 10.2 Å². The number of aromatic amines is 1. The zero-order valence-electron chi connectivity index (χ0n) is 21.0. The second-order valence-corrected chi connectivity index (χ2v) is 10.0. The molecule has 4 aromatic rings. The summed E-state index contributed by atoms with van der Waals surface area (Å²) in [7, 11) is 0. The Hall–Kier alpha value is -4.48. The minimum atomic E-state index is -4.46. The van der Waals surface area contributed by atoms with Crippen LogP contribution < -0.4 is 5.32 Å². The van der Waals surface area contributed by atoms with E-state index in [1.54, 1.807) is 15.6 Å². The summed E-state index contributed by atoms with van der Waals surface area (Å²) < 4.78 is 54.5. The van der Waals surface area contributed by atoms with Crippen LogP contribution in [0.25, 0.3) is 0 Å². The summed E-state index contributed by atoms with van der Waals surface area (Å²) in [5.41, 5.74) is 0.842. The van der Waals surface area contributed by atoms with E-state index in [4.69, 9.17) is 0 Å². The van der Waals surface area contributed by atoms with Crippen LogP contribution in [0.4, 0.5) is 23.2 Å². The van der Waals surface area contributed by atoms with Gasteiger partial charge in [0.15, 0.2) is 5.69 Å². The third-order valence-corrected chi connectivity index (χ3v) is 6.56. The summed E-state index contributed by atoms with van der Waals surface area (Å²) in [4.78, 5) is 28.1. The number of fused-ring (bicyclic) bond motifs is 1. The van der Waals surface area contributed by atoms with E-state index in [1.165, 1.54) is 42.6 Å². The first-order chi connectivity index (χ1) is 18.4. The largest absolute Gasteiger partial charge is 0.416 e. The van der Waals surface area contributed by atoms with Gasteiger partial charge in [0.25, 0.3) is 11.8 Å². The quantitative estimate of drug-likeness (QED) is 0.349. The Morgan fingerprint density at radius 2 is 1.85 bits per heavy atom. The highest BCUT2D eigenvalue weighted by Gasteiger charge is 2.41. The normalized spacial score (nSPS) is 14.7. The monoisotopic (exact) mass is 540 g/mol. The molecule has 3 heterocycles. The summed E-state index contributed by atoms with van der Waals surface area (Å²) in [5, 5.41) is 13.7. The van der Waals surface area contributed by atoms with E-state index < -0.39 is 28.9 Å². The van der Waals surface area contributed by atoms with Crippen molar-refractivity contribution in [2.45, 2.75) is 38.5 Å². The molecule has 5 rings (SSSR count). The maximum atomic E-state index is 13.7. The molecule has 2 aromatic heterocycles. The molecule has 1 aliphatic rings. The van der Waals surface area contributed by atoms with Crippen molar-refractivity contribution < 1.29 is 27.2 Å². The molecular formula is C27H24F4N6O2. The van der Waals surface area contributed by atoms with Crippen molar-refractivity contribution >= 4 is 17.5 Å². The molecule has 2 amide bonds. The summed E-state index contributed by atoms with van der Waals surface area (Å²) in [6.45, 7) is 4.26. The molecule has 0 saturated carbocycles. The molecule has 2 N–H and O–H groups in total. The van der Waals surface area contributed by atoms with Gasteiger partial charge in [-0.3, -0.25) is 19.4 Å². The maximum absolute atomic E-state index is 13.7. The summed E-state index contributed by atoms with van der Waals surface area (Å²) >= 11 is 0. The smallest absolute Gasteiger partial charge is 0.332 e. The van der Waals surface area contributed by atoms with Gasteiger partial charge >= 0.3 is 6.18 Å². The van der Waals surface area contributed by atoms with Gasteiger partial charge in [-0.15, -0.1) is 0 Å². The van der Waals surface area contributed by atoms with Crippen LogP contribution in [0.5, 0.6) is 0 Å². The first-order valence-electron chi connectivity index (χ1n) is 12.0. The lowest BCUT2D eigenvalue weighted by molar-refractivity contribution is -0.137. The Labute approximate surface area is 220 Å². The van der Waals surface area contributed by atoms with Crippen molar-refractivity contribution in [2.24, 2.45) is 0 Å². The SMILES string of the molecule is CC1(C)CN(C(=O)c2ccn[nH]2)Cc2c(C(=O)Nc3cccc(F)c3)nn(Cc3ccc(C(F)(F)F)cc3)c21. The molecule has 0 radical (unpaired) electrons. The Kier molecular flexibility index (Phi) is 6.49. The Morgan fingerprint density at radius 3 is 2.49 bits per heavy atom. The first-order valence-corrected chi connectivity index (χ1v) is 12.0. The van der Waals surface area contributed by atoms with E-state index in [1.807, 2.05) is 13.8 Å². The number of benzene rings is 2. The number of rotatable bonds is 5. The van der Waals surface area contributed by atoms with Crippen LogP contribution in [0.3, 0.4) is 0 Å². The number of carbonyl (C=O) groups is 2. The van der Waals surface area contributed by atoms with Crippen LogP contribution in [0.2, 0.25) is 0 Å². The predicted molar refractivity (Wildman–Crippen MR) is 133 cm³/mol. The topological polar surface area (TPSA) is 95.9 Å². The minimum absolute atomic E-state index is 0.0383. The fraction of sp³-hybridized carbons (Fsp3) is 0.259. The van der Waals surface area contributed by atoms with Crippen LogP contribution in [-0.4, -0.2) is 43.2 Å². The van der Waals surface area contributed by atoms with Crippen molar-refractivity contribution in [3.63, 3.8) is 0 Å². The van der Waals surface area contributed by atoms with E-state index in [-0.39, 0.29) is 36.1 Å². The number of alkyl halides is 3. The number of hydrogen-bond acceptors (Lipinski definition) is 4. The number of anilines is 1. The fourth-order valence-corrected chi connectivity index (χ4v) is 4.92. The molecule has 0 saturated heterocycles. The van der Waals surface area contributed by atoms with Crippen LogP contribution >= 0.6 is 0 Å². The average Bonchev–Trinajstić information content (AvgIpc) is 3.52. The van der Waals surface area contributed by atoms with E-state index >= 15 is 0 Å². The molecule has 8 nitrogen and oxygen atoms in total. The third-order valence-electron chi connectivity index (χ3n) is 6.56. The van der Waals surface area contributed by atoms with Gasteiger partial charge in [0.1, 0.15) is 11.5 Å². The van der Waals surface area contributed by atoms with Crippen molar-refractivity contribution in [3.8, 4) is 0 Å². The van der Waals surface area contributed by atoms with Gasteiger partial charge in [0.05, 0.1) is 24.3 Å². The second kappa shape index (κ2) is 9.68. The fourth-order valence-electron chi connectivity index (χ4n) is 4.92. The van der Waals surface area contributed by atoms with Gasteiger partial charge in [0, 0.05) is 29.4 Å². The van der Waals surface area contributed by atoms with Crippen molar-refractivity contribution in [2.75, 3.05) is 11.9 Å². The van der Waals surface area contributed by atoms with Crippen LogP contribution in [0.15, 0.2) is 60.8 Å². The highest BCUT2D eigenvalue weighted by atomic mass is 19.4. The number of amides is 2. The molecule has 39 heavy (non-hydrogen) atoms. The van der Waals surface area contributed by atoms with Crippen LogP contribution in [0.1, 0.15) is 57.2 Å². The number of hydrogen-bond donors (Lipinski definition) is 2. The van der Waals surface area contributed by atoms with Crippen LogP contribution in [-0.2, 0) is 24.7 Å². The first kappa shape index (κ1) is 26.1. The third kappa shape index (κ3) is 5.27. The number of nitrogens with zero attached hydrogens (tertiary/aromatic N) is 4. The number of H-pyrrole nitrogens is 1. The Balaban J connectivity index is 1.54. The van der Waals surface area contributed by atoms with E-state index in [0.717, 1.165) is 12.1 Å². The lowest BCUT2D eigenvalue weighted by Crippen LogP contribution is -2.46. The van der Waals surface area contributed by atoms with Gasteiger partial charge in [-0.05, 0) is 42.0 Å². The average molecular weight is 541 g/mol. The predicted octanol–water partition coefficient (Wildman–Crippen LogP) is 5.00. The standard InChI is InChI=1S/C27H24F4N6O2/c1-26(2)15-36(25(39)21-10-11-32-34-21)14-20-22(24(38)33-19-5-3-4-18(28)12-19)35-37(23(20)26)13-16-6-8-17(9-7-16)27(29,30)31/h3-12H,13-15H2,1-2H3,(H,32,34)(H,33,38). The minimum Gasteiger partial charge on any atom is -0.332 e. The Morgan fingerprint density at radius 1 is 1.10 bits per heavy atom. The molecule has 12 heteroatoms. The van der Waals surface area contributed by atoms with Gasteiger partial charge in [-0.25, -0.2) is 4.39 Å². The molecular weight excluding hydrogens is 516 g/mol. The van der Waals surface area contributed by atoms with Gasteiger partial charge in [0.2, 0.25) is 0 Å². The molecule has 0 spiro atoms. The number of halogens is 4. The number of carbonyl (C=O) groups excluding carboxylic acids is 2. The molecule has 0 fully saturated rings. The van der Waals surface area contributed by atoms with Crippen molar-refractivity contribution in [1.82, 2.24) is 24.9 Å². The molecule has 0 atom stereocenters. The van der Waals surface area contributed by atoms with E-state index in [9.17, 15) is 27.2 Å². The second-order valence-electron chi connectivity index (χ2n) is 10.0. The van der Waals surface area contributed by atoms with Gasteiger partial charge in [-0.1, -0.05) is 32.0 Å². The van der Waals surface area contributed by atoms with Gasteiger partial charge in [-0.2, -0.15) is 23.4 Å². The highest BCUT2D eigenvalue weighted by Crippen LogP contribution is 2.37. The molecule has 202 valence electrons. The molecule has 2 aromatic carbocycles. The lowest BCUT2D eigenvalue weighted by Gasteiger charge is -2.38. The zero-order chi connectivity index (χ0) is 27.9. The molecule has 0 aliphatic carbocycles. The van der Waals surface area contributed by atoms with E-state index in [0.29, 0.717) is 23.4 Å². The van der Waals surface area contributed by atoms with E-state index in [2.05, 4.69) is 20.6 Å². The lowest BCUT2D eigenvalue weighted by atomic mass is 9.82. The van der Waals surface area contributed by atoms with Crippen LogP contribution in [0, 0.1) is 5.82 Å². The summed E-state index contributed by atoms with van der Waals surface area (Å²) in [6, 6.07) is 11.7. The molecule has 1 aliphatic heterocycles.